The third-order valence-electron chi connectivity index (χ3n) is 3.36. The molecule has 1 atom stereocenters. The van der Waals surface area contributed by atoms with Crippen LogP contribution in [0.5, 0.6) is 0 Å². The highest BCUT2D eigenvalue weighted by molar-refractivity contribution is 5.33. The average Bonchev–Trinajstić information content (AvgIpc) is 2.57. The van der Waals surface area contributed by atoms with Crippen LogP contribution < -0.4 is 16.8 Å². The second-order valence-corrected chi connectivity index (χ2v) is 4.87. The molecule has 1 aliphatic rings. The van der Waals surface area contributed by atoms with E-state index < -0.39 is 11.7 Å². The van der Waals surface area contributed by atoms with Gasteiger partial charge in [-0.1, -0.05) is 12.1 Å². The van der Waals surface area contributed by atoms with E-state index in [1.54, 1.807) is 6.08 Å². The number of benzene rings is 1. The third-order valence-corrected chi connectivity index (χ3v) is 3.36. The van der Waals surface area contributed by atoms with Crippen molar-refractivity contribution in [1.82, 2.24) is 10.2 Å². The normalized spacial score (nSPS) is 22.6. The second-order valence-electron chi connectivity index (χ2n) is 4.87. The van der Waals surface area contributed by atoms with Gasteiger partial charge in [-0.2, -0.15) is 13.2 Å². The van der Waals surface area contributed by atoms with Gasteiger partial charge in [0.25, 0.3) is 0 Å². The summed E-state index contributed by atoms with van der Waals surface area (Å²) in [5.41, 5.74) is 12.0. The molecule has 1 aliphatic heterocycles. The van der Waals surface area contributed by atoms with E-state index in [0.717, 1.165) is 12.1 Å². The van der Waals surface area contributed by atoms with Crippen molar-refractivity contribution in [3.63, 3.8) is 0 Å². The van der Waals surface area contributed by atoms with E-state index in [1.807, 2.05) is 11.9 Å². The second kappa shape index (κ2) is 5.69. The van der Waals surface area contributed by atoms with Crippen LogP contribution in [0.3, 0.4) is 0 Å². The third kappa shape index (κ3) is 3.30. The van der Waals surface area contributed by atoms with Crippen LogP contribution in [-0.4, -0.2) is 18.5 Å². The molecular formula is C14H17F3N4. The summed E-state index contributed by atoms with van der Waals surface area (Å²) in [6.07, 6.45) is -1.18. The van der Waals surface area contributed by atoms with Gasteiger partial charge in [-0.15, -0.1) is 0 Å². The number of nitrogens with two attached hydrogens (primary N) is 2. The summed E-state index contributed by atoms with van der Waals surface area (Å²) in [7, 11) is 1.85. The molecule has 1 aromatic carbocycles. The van der Waals surface area contributed by atoms with Gasteiger partial charge >= 0.3 is 6.18 Å². The summed E-state index contributed by atoms with van der Waals surface area (Å²) in [6, 6.07) is 4.76. The van der Waals surface area contributed by atoms with Crippen molar-refractivity contribution in [3.05, 3.63) is 59.2 Å². The van der Waals surface area contributed by atoms with Gasteiger partial charge in [0.2, 0.25) is 0 Å². The lowest BCUT2D eigenvalue weighted by Gasteiger charge is -2.28. The van der Waals surface area contributed by atoms with Gasteiger partial charge in [0.05, 0.1) is 23.1 Å². The first-order chi connectivity index (χ1) is 9.82. The van der Waals surface area contributed by atoms with Crippen molar-refractivity contribution >= 4 is 0 Å². The number of halogens is 3. The van der Waals surface area contributed by atoms with Crippen LogP contribution in [0, 0.1) is 0 Å². The minimum Gasteiger partial charge on any atom is -0.403 e. The van der Waals surface area contributed by atoms with Crippen molar-refractivity contribution in [1.29, 1.82) is 0 Å². The lowest BCUT2D eigenvalue weighted by molar-refractivity contribution is -0.137. The molecule has 0 aromatic heterocycles. The van der Waals surface area contributed by atoms with E-state index in [4.69, 9.17) is 11.5 Å². The van der Waals surface area contributed by atoms with E-state index in [9.17, 15) is 13.2 Å². The molecule has 0 fully saturated rings. The molecule has 0 amide bonds. The fourth-order valence-electron chi connectivity index (χ4n) is 2.29. The van der Waals surface area contributed by atoms with E-state index in [1.165, 1.54) is 18.3 Å². The van der Waals surface area contributed by atoms with E-state index >= 15 is 0 Å². The summed E-state index contributed by atoms with van der Waals surface area (Å²) >= 11 is 0. The molecular weight excluding hydrogens is 281 g/mol. The van der Waals surface area contributed by atoms with Crippen LogP contribution >= 0.6 is 0 Å². The van der Waals surface area contributed by atoms with Crippen LogP contribution in [0.2, 0.25) is 0 Å². The Morgan fingerprint density at radius 1 is 1.29 bits per heavy atom. The molecule has 7 heteroatoms. The smallest absolute Gasteiger partial charge is 0.403 e. The largest absolute Gasteiger partial charge is 0.416 e. The minimum atomic E-state index is -4.34. The molecule has 0 radical (unpaired) electrons. The standard InChI is InChI=1S/C14H17F3N4/c1-21-7-6-12(19)20-11(8-18)13(21)9-2-4-10(5-3-9)14(15,16)17/h2-6,8,13,20H,7,18-19H2,1H3/b11-8-. The van der Waals surface area contributed by atoms with Gasteiger partial charge in [-0.3, -0.25) is 4.90 Å². The molecule has 5 N–H and O–H groups in total. The Morgan fingerprint density at radius 2 is 1.90 bits per heavy atom. The molecule has 0 bridgehead atoms. The number of hydrogen-bond acceptors (Lipinski definition) is 4. The van der Waals surface area contributed by atoms with Gasteiger partial charge in [0, 0.05) is 12.7 Å². The molecule has 21 heavy (non-hydrogen) atoms. The number of rotatable bonds is 1. The summed E-state index contributed by atoms with van der Waals surface area (Å²) < 4.78 is 37.9. The first-order valence-electron chi connectivity index (χ1n) is 6.34. The zero-order valence-corrected chi connectivity index (χ0v) is 11.5. The van der Waals surface area contributed by atoms with Gasteiger partial charge in [0.15, 0.2) is 0 Å². The highest BCUT2D eigenvalue weighted by atomic mass is 19.4. The van der Waals surface area contributed by atoms with Crippen molar-refractivity contribution < 1.29 is 13.2 Å². The molecule has 114 valence electrons. The SMILES string of the molecule is CN1CC=C(N)N/C(=C\N)C1c1ccc(C(F)(F)F)cc1. The maximum absolute atomic E-state index is 12.6. The predicted octanol–water partition coefficient (Wildman–Crippen LogP) is 1.88. The lowest BCUT2D eigenvalue weighted by atomic mass is 10.0. The van der Waals surface area contributed by atoms with E-state index in [0.29, 0.717) is 23.6 Å². The fourth-order valence-corrected chi connectivity index (χ4v) is 2.29. The maximum atomic E-state index is 12.6. The molecule has 1 aromatic rings. The molecule has 1 unspecified atom stereocenters. The Balaban J connectivity index is 2.35. The molecule has 4 nitrogen and oxygen atoms in total. The van der Waals surface area contributed by atoms with Crippen molar-refractivity contribution in [2.45, 2.75) is 12.2 Å². The van der Waals surface area contributed by atoms with Gasteiger partial charge in [-0.25, -0.2) is 0 Å². The summed E-state index contributed by atoms with van der Waals surface area (Å²) in [4.78, 5) is 1.94. The van der Waals surface area contributed by atoms with Gasteiger partial charge in [0.1, 0.15) is 0 Å². The number of nitrogens with zero attached hydrogens (tertiary/aromatic N) is 1. The summed E-state index contributed by atoms with van der Waals surface area (Å²) in [5.74, 6) is 0.466. The first kappa shape index (κ1) is 15.2. The average molecular weight is 298 g/mol. The van der Waals surface area contributed by atoms with E-state index in [-0.39, 0.29) is 6.04 Å². The first-order valence-corrected chi connectivity index (χ1v) is 6.34. The molecule has 0 saturated heterocycles. The fraction of sp³-hybridized carbons (Fsp3) is 0.286. The molecule has 0 aliphatic carbocycles. The molecule has 0 spiro atoms. The lowest BCUT2D eigenvalue weighted by Crippen LogP contribution is -2.30. The Kier molecular flexibility index (Phi) is 4.13. The zero-order valence-electron chi connectivity index (χ0n) is 11.5. The Bertz CT molecular complexity index is 561. The number of hydrogen-bond donors (Lipinski definition) is 3. The summed E-state index contributed by atoms with van der Waals surface area (Å²) in [6.45, 7) is 0.557. The Hall–Kier alpha value is -2.15. The highest BCUT2D eigenvalue weighted by Crippen LogP contribution is 2.32. The van der Waals surface area contributed by atoms with Gasteiger partial charge < -0.3 is 16.8 Å². The van der Waals surface area contributed by atoms with Crippen molar-refractivity contribution in [3.8, 4) is 0 Å². The van der Waals surface area contributed by atoms with Crippen LogP contribution in [0.15, 0.2) is 48.1 Å². The predicted molar refractivity (Wildman–Crippen MR) is 74.5 cm³/mol. The zero-order chi connectivity index (χ0) is 15.6. The monoisotopic (exact) mass is 298 g/mol. The van der Waals surface area contributed by atoms with Crippen LogP contribution in [0.25, 0.3) is 0 Å². The van der Waals surface area contributed by atoms with Crippen LogP contribution in [-0.2, 0) is 6.18 Å². The molecule has 0 saturated carbocycles. The number of nitrogens with one attached hydrogen (secondary N) is 1. The Morgan fingerprint density at radius 3 is 2.43 bits per heavy atom. The molecule has 1 heterocycles. The Labute approximate surface area is 120 Å². The minimum absolute atomic E-state index is 0.283. The molecule has 2 rings (SSSR count). The topological polar surface area (TPSA) is 67.3 Å². The number of alkyl halides is 3. The highest BCUT2D eigenvalue weighted by Gasteiger charge is 2.31. The van der Waals surface area contributed by atoms with Gasteiger partial charge in [-0.05, 0) is 30.8 Å². The van der Waals surface area contributed by atoms with Crippen LogP contribution in [0.4, 0.5) is 13.2 Å². The summed E-state index contributed by atoms with van der Waals surface area (Å²) in [5, 5.41) is 2.96. The van der Waals surface area contributed by atoms with Crippen LogP contribution in [0.1, 0.15) is 17.2 Å². The van der Waals surface area contributed by atoms with E-state index in [2.05, 4.69) is 5.32 Å². The number of likely N-dealkylation sites (N-methyl/N-ethyl adjacent to an activating group) is 1. The quantitative estimate of drug-likeness (QED) is 0.740. The maximum Gasteiger partial charge on any atom is 0.416 e. The van der Waals surface area contributed by atoms with Crippen molar-refractivity contribution in [2.75, 3.05) is 13.6 Å². The van der Waals surface area contributed by atoms with Crippen molar-refractivity contribution in [2.24, 2.45) is 11.5 Å².